The van der Waals surface area contributed by atoms with Crippen LogP contribution in [0.3, 0.4) is 0 Å². The summed E-state index contributed by atoms with van der Waals surface area (Å²) in [6, 6.07) is 7.41. The van der Waals surface area contributed by atoms with Crippen molar-refractivity contribution in [3.63, 3.8) is 0 Å². The van der Waals surface area contributed by atoms with Gasteiger partial charge in [-0.15, -0.1) is 0 Å². The van der Waals surface area contributed by atoms with Gasteiger partial charge in [-0.05, 0) is 30.4 Å². The quantitative estimate of drug-likeness (QED) is 0.904. The minimum atomic E-state index is -0.675. The first-order chi connectivity index (χ1) is 10.9. The third kappa shape index (κ3) is 4.10. The van der Waals surface area contributed by atoms with Crippen LogP contribution in [0.4, 0.5) is 0 Å². The van der Waals surface area contributed by atoms with E-state index in [4.69, 9.17) is 4.74 Å². The standard InChI is InChI=1S/C18H26N2O3/c1-12(2)9-10-19-18(22)17-16(20(4)15(21)11-23-17)14-8-6-5-7-13(14)3/h5-8,12,16-17H,9-11H2,1-4H3,(H,19,22)/t16-,17+/m1/s1. The molecule has 0 aromatic heterocycles. The second-order valence-corrected chi connectivity index (χ2v) is 6.51. The number of hydrogen-bond donors (Lipinski definition) is 1. The summed E-state index contributed by atoms with van der Waals surface area (Å²) in [6.45, 7) is 6.78. The molecule has 0 radical (unpaired) electrons. The molecule has 23 heavy (non-hydrogen) atoms. The molecule has 0 aliphatic carbocycles. The molecule has 1 aromatic rings. The normalized spacial score (nSPS) is 21.6. The van der Waals surface area contributed by atoms with Crippen molar-refractivity contribution in [1.29, 1.82) is 0 Å². The van der Waals surface area contributed by atoms with Gasteiger partial charge < -0.3 is 15.0 Å². The zero-order valence-corrected chi connectivity index (χ0v) is 14.3. The molecular weight excluding hydrogens is 292 g/mol. The zero-order chi connectivity index (χ0) is 17.0. The van der Waals surface area contributed by atoms with Crippen molar-refractivity contribution >= 4 is 11.8 Å². The minimum Gasteiger partial charge on any atom is -0.356 e. The Bertz CT molecular complexity index is 571. The number of hydrogen-bond acceptors (Lipinski definition) is 3. The largest absolute Gasteiger partial charge is 0.356 e. The van der Waals surface area contributed by atoms with Crippen LogP contribution >= 0.6 is 0 Å². The Hall–Kier alpha value is -1.88. The van der Waals surface area contributed by atoms with Crippen molar-refractivity contribution < 1.29 is 14.3 Å². The SMILES string of the molecule is Cc1ccccc1[C@@H]1[C@@H](C(=O)NCCC(C)C)OCC(=O)N1C. The molecule has 126 valence electrons. The number of benzene rings is 1. The van der Waals surface area contributed by atoms with Gasteiger partial charge in [0.2, 0.25) is 5.91 Å². The molecule has 5 nitrogen and oxygen atoms in total. The van der Waals surface area contributed by atoms with Crippen LogP contribution in [0.2, 0.25) is 0 Å². The van der Waals surface area contributed by atoms with Crippen molar-refractivity contribution in [3.05, 3.63) is 35.4 Å². The number of carbonyl (C=O) groups is 2. The third-order valence-corrected chi connectivity index (χ3v) is 4.27. The van der Waals surface area contributed by atoms with Crippen LogP contribution in [0.15, 0.2) is 24.3 Å². The van der Waals surface area contributed by atoms with E-state index in [1.165, 1.54) is 0 Å². The number of ether oxygens (including phenoxy) is 1. The Morgan fingerprint density at radius 3 is 2.74 bits per heavy atom. The Kier molecular flexibility index (Phi) is 5.77. The highest BCUT2D eigenvalue weighted by Gasteiger charge is 2.40. The summed E-state index contributed by atoms with van der Waals surface area (Å²) in [5, 5.41) is 2.94. The number of nitrogens with one attached hydrogen (secondary N) is 1. The fourth-order valence-electron chi connectivity index (χ4n) is 2.81. The molecule has 0 saturated carbocycles. The van der Waals surface area contributed by atoms with E-state index in [0.29, 0.717) is 12.5 Å². The average Bonchev–Trinajstić information content (AvgIpc) is 2.50. The van der Waals surface area contributed by atoms with Gasteiger partial charge in [-0.1, -0.05) is 38.1 Å². The second kappa shape index (κ2) is 7.59. The van der Waals surface area contributed by atoms with Gasteiger partial charge in [-0.25, -0.2) is 0 Å². The van der Waals surface area contributed by atoms with Crippen LogP contribution in [0, 0.1) is 12.8 Å². The lowest BCUT2D eigenvalue weighted by Gasteiger charge is -2.39. The van der Waals surface area contributed by atoms with Gasteiger partial charge in [0.15, 0.2) is 6.10 Å². The van der Waals surface area contributed by atoms with Crippen molar-refractivity contribution in [3.8, 4) is 0 Å². The molecule has 1 aromatic carbocycles. The molecule has 2 atom stereocenters. The molecular formula is C18H26N2O3. The van der Waals surface area contributed by atoms with E-state index in [1.807, 2.05) is 31.2 Å². The fourth-order valence-corrected chi connectivity index (χ4v) is 2.81. The number of rotatable bonds is 5. The summed E-state index contributed by atoms with van der Waals surface area (Å²) in [7, 11) is 1.73. The van der Waals surface area contributed by atoms with E-state index in [-0.39, 0.29) is 18.4 Å². The molecule has 1 N–H and O–H groups in total. The molecule has 5 heteroatoms. The summed E-state index contributed by atoms with van der Waals surface area (Å²) < 4.78 is 5.60. The molecule has 2 rings (SSSR count). The Morgan fingerprint density at radius 2 is 2.09 bits per heavy atom. The predicted octanol–water partition coefficient (Wildman–Crippen LogP) is 2.06. The number of likely N-dealkylation sites (N-methyl/N-ethyl adjacent to an activating group) is 1. The van der Waals surface area contributed by atoms with Gasteiger partial charge in [0.1, 0.15) is 6.61 Å². The first-order valence-electron chi connectivity index (χ1n) is 8.12. The Balaban J connectivity index is 2.20. The number of nitrogens with zero attached hydrogens (tertiary/aromatic N) is 1. The third-order valence-electron chi connectivity index (χ3n) is 4.27. The summed E-state index contributed by atoms with van der Waals surface area (Å²) in [5.41, 5.74) is 2.00. The maximum atomic E-state index is 12.6. The molecule has 0 unspecified atom stereocenters. The van der Waals surface area contributed by atoms with E-state index in [9.17, 15) is 9.59 Å². The highest BCUT2D eigenvalue weighted by Crippen LogP contribution is 2.31. The predicted molar refractivity (Wildman–Crippen MR) is 88.9 cm³/mol. The van der Waals surface area contributed by atoms with Gasteiger partial charge in [-0.3, -0.25) is 9.59 Å². The highest BCUT2D eigenvalue weighted by molar-refractivity contribution is 5.86. The maximum Gasteiger partial charge on any atom is 0.251 e. The minimum absolute atomic E-state index is 0.0544. The van der Waals surface area contributed by atoms with Gasteiger partial charge in [-0.2, -0.15) is 0 Å². The first-order valence-corrected chi connectivity index (χ1v) is 8.12. The highest BCUT2D eigenvalue weighted by atomic mass is 16.5. The van der Waals surface area contributed by atoms with Crippen molar-refractivity contribution in [1.82, 2.24) is 10.2 Å². The molecule has 1 fully saturated rings. The van der Waals surface area contributed by atoms with Crippen LogP contribution in [-0.4, -0.2) is 43.0 Å². The fraction of sp³-hybridized carbons (Fsp3) is 0.556. The molecule has 2 amide bonds. The number of morpholine rings is 1. The lowest BCUT2D eigenvalue weighted by atomic mass is 9.94. The van der Waals surface area contributed by atoms with Gasteiger partial charge in [0, 0.05) is 13.6 Å². The Morgan fingerprint density at radius 1 is 1.39 bits per heavy atom. The van der Waals surface area contributed by atoms with Gasteiger partial charge >= 0.3 is 0 Å². The lowest BCUT2D eigenvalue weighted by Crippen LogP contribution is -2.53. The topological polar surface area (TPSA) is 58.6 Å². The number of amides is 2. The van der Waals surface area contributed by atoms with Crippen LogP contribution in [0.5, 0.6) is 0 Å². The first kappa shape index (κ1) is 17.5. The van der Waals surface area contributed by atoms with Crippen LogP contribution < -0.4 is 5.32 Å². The van der Waals surface area contributed by atoms with Crippen molar-refractivity contribution in [2.75, 3.05) is 20.2 Å². The zero-order valence-electron chi connectivity index (χ0n) is 14.3. The van der Waals surface area contributed by atoms with E-state index in [0.717, 1.165) is 17.5 Å². The maximum absolute atomic E-state index is 12.6. The molecule has 1 aliphatic heterocycles. The molecule has 1 heterocycles. The Labute approximate surface area is 138 Å². The van der Waals surface area contributed by atoms with E-state index >= 15 is 0 Å². The summed E-state index contributed by atoms with van der Waals surface area (Å²) in [4.78, 5) is 26.2. The van der Waals surface area contributed by atoms with Crippen LogP contribution in [0.1, 0.15) is 37.4 Å². The smallest absolute Gasteiger partial charge is 0.251 e. The molecule has 1 saturated heterocycles. The average molecular weight is 318 g/mol. The van der Waals surface area contributed by atoms with Gasteiger partial charge in [0.05, 0.1) is 6.04 Å². The number of aryl methyl sites for hydroxylation is 1. The van der Waals surface area contributed by atoms with E-state index in [2.05, 4.69) is 19.2 Å². The van der Waals surface area contributed by atoms with Crippen LogP contribution in [0.25, 0.3) is 0 Å². The second-order valence-electron chi connectivity index (χ2n) is 6.51. The molecule has 0 spiro atoms. The van der Waals surface area contributed by atoms with Crippen molar-refractivity contribution in [2.24, 2.45) is 5.92 Å². The summed E-state index contributed by atoms with van der Waals surface area (Å²) in [6.07, 6.45) is 0.244. The van der Waals surface area contributed by atoms with Gasteiger partial charge in [0.25, 0.3) is 5.91 Å². The monoisotopic (exact) mass is 318 g/mol. The van der Waals surface area contributed by atoms with Crippen LogP contribution in [-0.2, 0) is 14.3 Å². The number of carbonyl (C=O) groups excluding carboxylic acids is 2. The van der Waals surface area contributed by atoms with Crippen molar-refractivity contribution in [2.45, 2.75) is 39.3 Å². The van der Waals surface area contributed by atoms with E-state index < -0.39 is 12.1 Å². The van der Waals surface area contributed by atoms with E-state index in [1.54, 1.807) is 11.9 Å². The summed E-state index contributed by atoms with van der Waals surface area (Å²) in [5.74, 6) is 0.265. The molecule has 1 aliphatic rings. The molecule has 0 bridgehead atoms. The summed E-state index contributed by atoms with van der Waals surface area (Å²) >= 11 is 0. The lowest BCUT2D eigenvalue weighted by molar-refractivity contribution is -0.162.